The highest BCUT2D eigenvalue weighted by Crippen LogP contribution is 2.34. The highest BCUT2D eigenvalue weighted by Gasteiger charge is 2.33. The first-order valence-corrected chi connectivity index (χ1v) is 10.9. The van der Waals surface area contributed by atoms with Gasteiger partial charge in [-0.2, -0.15) is 5.10 Å². The van der Waals surface area contributed by atoms with Crippen molar-refractivity contribution < 1.29 is 14.7 Å². The van der Waals surface area contributed by atoms with Crippen LogP contribution in [0.2, 0.25) is 0 Å². The van der Waals surface area contributed by atoms with Gasteiger partial charge in [-0.3, -0.25) is 9.59 Å². The van der Waals surface area contributed by atoms with E-state index < -0.39 is 5.97 Å². The number of carbonyl (C=O) groups excluding carboxylic acids is 1. The van der Waals surface area contributed by atoms with Crippen LogP contribution in [0.3, 0.4) is 0 Å². The molecule has 2 aromatic carbocycles. The standard InChI is InChI=1S/C23H26BrN3O3/c1-3-26(4-2)19-11-7-17(8-12-19)21-15-20(16-5-9-18(24)10-6-16)25-27(21)22(28)13-14-23(29)30/h5-12,21H,3-4,13-15H2,1-2H3,(H,29,30)/t21-/m0/s1. The van der Waals surface area contributed by atoms with Gasteiger partial charge in [-0.05, 0) is 49.2 Å². The maximum atomic E-state index is 12.8. The molecule has 30 heavy (non-hydrogen) atoms. The number of amides is 1. The second kappa shape index (κ2) is 9.89. The van der Waals surface area contributed by atoms with E-state index in [1.54, 1.807) is 0 Å². The van der Waals surface area contributed by atoms with Crippen LogP contribution in [0.4, 0.5) is 5.69 Å². The van der Waals surface area contributed by atoms with Crippen LogP contribution in [0.15, 0.2) is 58.1 Å². The molecule has 0 saturated carbocycles. The Kier molecular flexibility index (Phi) is 7.26. The van der Waals surface area contributed by atoms with E-state index in [0.717, 1.165) is 40.1 Å². The second-order valence-corrected chi connectivity index (χ2v) is 8.09. The SMILES string of the molecule is CCN(CC)c1ccc([C@@H]2CC(c3ccc(Br)cc3)=NN2C(=O)CCC(=O)O)cc1. The maximum absolute atomic E-state index is 12.8. The number of carboxylic acids is 1. The molecule has 1 amide bonds. The number of aliphatic carboxylic acids is 1. The molecule has 2 aromatic rings. The van der Waals surface area contributed by atoms with E-state index in [2.05, 4.69) is 51.9 Å². The molecule has 0 radical (unpaired) electrons. The normalized spacial score (nSPS) is 15.8. The van der Waals surface area contributed by atoms with Crippen LogP contribution in [0.25, 0.3) is 0 Å². The minimum atomic E-state index is -0.986. The number of rotatable bonds is 8. The summed E-state index contributed by atoms with van der Waals surface area (Å²) in [6, 6.07) is 15.8. The Labute approximate surface area is 185 Å². The average molecular weight is 472 g/mol. The number of anilines is 1. The molecular formula is C23H26BrN3O3. The number of hydrazone groups is 1. The molecule has 1 N–H and O–H groups in total. The molecule has 0 aliphatic carbocycles. The van der Waals surface area contributed by atoms with Crippen molar-refractivity contribution >= 4 is 39.2 Å². The van der Waals surface area contributed by atoms with Gasteiger partial charge in [0.15, 0.2) is 0 Å². The Morgan fingerprint density at radius 3 is 2.27 bits per heavy atom. The lowest BCUT2D eigenvalue weighted by Crippen LogP contribution is -2.27. The van der Waals surface area contributed by atoms with Crippen LogP contribution >= 0.6 is 15.9 Å². The van der Waals surface area contributed by atoms with Gasteiger partial charge in [0.2, 0.25) is 5.91 Å². The van der Waals surface area contributed by atoms with E-state index in [4.69, 9.17) is 5.11 Å². The summed E-state index contributed by atoms with van der Waals surface area (Å²) in [7, 11) is 0. The van der Waals surface area contributed by atoms with Crippen molar-refractivity contribution in [1.82, 2.24) is 5.01 Å². The first kappa shape index (κ1) is 22.0. The highest BCUT2D eigenvalue weighted by molar-refractivity contribution is 9.10. The minimum absolute atomic E-state index is 0.0690. The van der Waals surface area contributed by atoms with Crippen LogP contribution in [-0.2, 0) is 9.59 Å². The lowest BCUT2D eigenvalue weighted by molar-refractivity contribution is -0.141. The summed E-state index contributed by atoms with van der Waals surface area (Å²) in [6.07, 6.45) is 0.317. The molecular weight excluding hydrogens is 446 g/mol. The molecule has 158 valence electrons. The summed E-state index contributed by atoms with van der Waals surface area (Å²) in [5, 5.41) is 15.0. The number of hydrogen-bond donors (Lipinski definition) is 1. The number of carboxylic acid groups (broad SMARTS) is 1. The molecule has 1 aliphatic rings. The van der Waals surface area contributed by atoms with Gasteiger partial charge in [0, 0.05) is 36.1 Å². The number of halogens is 1. The lowest BCUT2D eigenvalue weighted by atomic mass is 9.98. The van der Waals surface area contributed by atoms with Gasteiger partial charge in [0.25, 0.3) is 0 Å². The number of carbonyl (C=O) groups is 2. The Bertz CT molecular complexity index is 922. The predicted octanol–water partition coefficient (Wildman–Crippen LogP) is 4.84. The van der Waals surface area contributed by atoms with E-state index in [-0.39, 0.29) is 24.8 Å². The third-order valence-electron chi connectivity index (χ3n) is 5.30. The van der Waals surface area contributed by atoms with Gasteiger partial charge in [-0.25, -0.2) is 5.01 Å². The summed E-state index contributed by atoms with van der Waals surface area (Å²) in [6.45, 7) is 6.09. The average Bonchev–Trinajstić information content (AvgIpc) is 3.19. The Morgan fingerprint density at radius 1 is 1.07 bits per heavy atom. The van der Waals surface area contributed by atoms with Gasteiger partial charge in [0.05, 0.1) is 18.2 Å². The molecule has 3 rings (SSSR count). The van der Waals surface area contributed by atoms with Crippen molar-refractivity contribution in [1.29, 1.82) is 0 Å². The fourth-order valence-corrected chi connectivity index (χ4v) is 3.91. The summed E-state index contributed by atoms with van der Waals surface area (Å²) in [5.41, 5.74) is 3.91. The zero-order valence-corrected chi connectivity index (χ0v) is 18.8. The molecule has 1 aliphatic heterocycles. The van der Waals surface area contributed by atoms with Crippen LogP contribution < -0.4 is 4.90 Å². The maximum Gasteiger partial charge on any atom is 0.303 e. The van der Waals surface area contributed by atoms with Gasteiger partial charge < -0.3 is 10.0 Å². The van der Waals surface area contributed by atoms with Crippen molar-refractivity contribution in [2.75, 3.05) is 18.0 Å². The molecule has 0 fully saturated rings. The third-order valence-corrected chi connectivity index (χ3v) is 5.83. The summed E-state index contributed by atoms with van der Waals surface area (Å²) in [5.74, 6) is -1.26. The first-order valence-electron chi connectivity index (χ1n) is 10.1. The summed E-state index contributed by atoms with van der Waals surface area (Å²) < 4.78 is 0.975. The topological polar surface area (TPSA) is 73.2 Å². The van der Waals surface area contributed by atoms with Crippen molar-refractivity contribution in [3.63, 3.8) is 0 Å². The Hall–Kier alpha value is -2.67. The number of hydrogen-bond acceptors (Lipinski definition) is 4. The van der Waals surface area contributed by atoms with Gasteiger partial charge in [-0.15, -0.1) is 0 Å². The van der Waals surface area contributed by atoms with E-state index in [9.17, 15) is 9.59 Å². The lowest BCUT2D eigenvalue weighted by Gasteiger charge is -2.24. The quantitative estimate of drug-likeness (QED) is 0.597. The Morgan fingerprint density at radius 2 is 1.70 bits per heavy atom. The fraction of sp³-hybridized carbons (Fsp3) is 0.348. The molecule has 7 heteroatoms. The van der Waals surface area contributed by atoms with Crippen LogP contribution in [0.1, 0.15) is 50.3 Å². The molecule has 6 nitrogen and oxygen atoms in total. The summed E-state index contributed by atoms with van der Waals surface area (Å²) in [4.78, 5) is 26.0. The van der Waals surface area contributed by atoms with Crippen LogP contribution in [0, 0.1) is 0 Å². The molecule has 1 atom stereocenters. The smallest absolute Gasteiger partial charge is 0.303 e. The van der Waals surface area contributed by atoms with E-state index >= 15 is 0 Å². The van der Waals surface area contributed by atoms with Crippen molar-refractivity contribution in [3.05, 3.63) is 64.1 Å². The largest absolute Gasteiger partial charge is 0.481 e. The van der Waals surface area contributed by atoms with Gasteiger partial charge >= 0.3 is 5.97 Å². The Balaban J connectivity index is 1.88. The zero-order valence-electron chi connectivity index (χ0n) is 17.2. The van der Waals surface area contributed by atoms with Crippen molar-refractivity contribution in [2.24, 2.45) is 5.10 Å². The molecule has 0 spiro atoms. The minimum Gasteiger partial charge on any atom is -0.481 e. The highest BCUT2D eigenvalue weighted by atomic mass is 79.9. The molecule has 0 aromatic heterocycles. The second-order valence-electron chi connectivity index (χ2n) is 7.17. The molecule has 0 bridgehead atoms. The van der Waals surface area contributed by atoms with Crippen molar-refractivity contribution in [2.45, 2.75) is 39.2 Å². The monoisotopic (exact) mass is 471 g/mol. The van der Waals surface area contributed by atoms with Gasteiger partial charge in [-0.1, -0.05) is 40.2 Å². The van der Waals surface area contributed by atoms with Crippen LogP contribution in [-0.4, -0.2) is 40.8 Å². The predicted molar refractivity (Wildman–Crippen MR) is 122 cm³/mol. The molecule has 0 unspecified atom stereocenters. The molecule has 0 saturated heterocycles. The van der Waals surface area contributed by atoms with E-state index in [1.165, 1.54) is 5.01 Å². The fourth-order valence-electron chi connectivity index (χ4n) is 3.64. The molecule has 1 heterocycles. The number of benzene rings is 2. The van der Waals surface area contributed by atoms with E-state index in [0.29, 0.717) is 6.42 Å². The summed E-state index contributed by atoms with van der Waals surface area (Å²) >= 11 is 3.44. The van der Waals surface area contributed by atoms with Crippen LogP contribution in [0.5, 0.6) is 0 Å². The van der Waals surface area contributed by atoms with E-state index in [1.807, 2.05) is 36.4 Å². The van der Waals surface area contributed by atoms with Crippen molar-refractivity contribution in [3.8, 4) is 0 Å². The third kappa shape index (κ3) is 5.08. The zero-order chi connectivity index (χ0) is 21.7. The number of nitrogens with zero attached hydrogens (tertiary/aromatic N) is 3. The first-order chi connectivity index (χ1) is 14.4. The van der Waals surface area contributed by atoms with Gasteiger partial charge in [0.1, 0.15) is 0 Å².